The van der Waals surface area contributed by atoms with Crippen molar-refractivity contribution in [2.45, 2.75) is 19.3 Å². The number of halogens is 6. The lowest BCUT2D eigenvalue weighted by Crippen LogP contribution is -2.07. The highest BCUT2D eigenvalue weighted by Gasteiger charge is 2.32. The van der Waals surface area contributed by atoms with Crippen molar-refractivity contribution in [1.29, 1.82) is 0 Å². The summed E-state index contributed by atoms with van der Waals surface area (Å²) < 4.78 is 69.7. The Bertz CT molecular complexity index is 1050. The molecule has 0 saturated carbocycles. The maximum absolute atomic E-state index is 14.4. The minimum atomic E-state index is -4.70. The number of imidazole rings is 1. The lowest BCUT2D eigenvalue weighted by Gasteiger charge is -2.13. The van der Waals surface area contributed by atoms with Crippen molar-refractivity contribution >= 4 is 23.4 Å². The summed E-state index contributed by atoms with van der Waals surface area (Å²) in [6, 6.07) is 5.29. The maximum Gasteiger partial charge on any atom is 0.416 e. The number of nitrogens with two attached hydrogens (primary N) is 1. The van der Waals surface area contributed by atoms with Gasteiger partial charge in [0.15, 0.2) is 0 Å². The van der Waals surface area contributed by atoms with Crippen LogP contribution < -0.4 is 5.73 Å². The van der Waals surface area contributed by atoms with E-state index in [2.05, 4.69) is 4.98 Å². The van der Waals surface area contributed by atoms with E-state index in [1.54, 1.807) is 0 Å². The first-order valence-electron chi connectivity index (χ1n) is 8.25. The molecule has 3 rings (SSSR count). The van der Waals surface area contributed by atoms with E-state index in [0.29, 0.717) is 5.56 Å². The van der Waals surface area contributed by atoms with Crippen LogP contribution in [0.2, 0.25) is 0 Å². The van der Waals surface area contributed by atoms with Crippen LogP contribution in [-0.2, 0) is 19.3 Å². The maximum atomic E-state index is 14.4. The van der Waals surface area contributed by atoms with Crippen molar-refractivity contribution in [3.8, 4) is 11.1 Å². The molecule has 0 amide bonds. The second kappa shape index (κ2) is 8.89. The molecule has 0 aliphatic heterocycles. The summed E-state index contributed by atoms with van der Waals surface area (Å²) in [5.74, 6) is -1.39. The van der Waals surface area contributed by atoms with Crippen molar-refractivity contribution in [3.63, 3.8) is 0 Å². The molecule has 0 saturated heterocycles. The Morgan fingerprint density at radius 2 is 1.90 bits per heavy atom. The van der Waals surface area contributed by atoms with E-state index in [9.17, 15) is 27.1 Å². The second-order valence-electron chi connectivity index (χ2n) is 6.12. The fourth-order valence-electron chi connectivity index (χ4n) is 2.89. The minimum Gasteiger partial charge on any atom is -0.392 e. The Morgan fingerprint density at radius 3 is 2.52 bits per heavy atom. The number of hydrogen-bond donors (Lipinski definition) is 2. The van der Waals surface area contributed by atoms with Crippen LogP contribution in [-0.4, -0.2) is 21.2 Å². The SMILES string of the molecule is Cl.NC/C=C(\F)Cn1cnc2c(-c3cc(CO)ccc3F)cc(C(F)(F)F)cc21. The zero-order valence-corrected chi connectivity index (χ0v) is 15.7. The molecular formula is C19H17ClF5N3O. The van der Waals surface area contributed by atoms with Crippen molar-refractivity contribution < 1.29 is 27.1 Å². The van der Waals surface area contributed by atoms with Crippen LogP contribution in [0.4, 0.5) is 22.0 Å². The first-order valence-corrected chi connectivity index (χ1v) is 8.25. The summed E-state index contributed by atoms with van der Waals surface area (Å²) >= 11 is 0. The molecular weight excluding hydrogens is 417 g/mol. The lowest BCUT2D eigenvalue weighted by atomic mass is 9.98. The van der Waals surface area contributed by atoms with Gasteiger partial charge in [0, 0.05) is 17.7 Å². The van der Waals surface area contributed by atoms with Gasteiger partial charge in [-0.15, -0.1) is 12.4 Å². The number of aromatic nitrogens is 2. The third-order valence-electron chi connectivity index (χ3n) is 4.22. The number of hydrogen-bond acceptors (Lipinski definition) is 3. The van der Waals surface area contributed by atoms with Crippen LogP contribution in [0.3, 0.4) is 0 Å². The van der Waals surface area contributed by atoms with Crippen LogP contribution in [0.25, 0.3) is 22.2 Å². The zero-order valence-electron chi connectivity index (χ0n) is 14.9. The number of fused-ring (bicyclic) bond motifs is 1. The molecule has 10 heteroatoms. The van der Waals surface area contributed by atoms with Gasteiger partial charge in [-0.1, -0.05) is 6.07 Å². The molecule has 0 atom stereocenters. The average Bonchev–Trinajstić information content (AvgIpc) is 3.04. The molecule has 1 heterocycles. The molecule has 156 valence electrons. The fraction of sp³-hybridized carbons (Fsp3) is 0.211. The molecule has 3 N–H and O–H groups in total. The lowest BCUT2D eigenvalue weighted by molar-refractivity contribution is -0.137. The molecule has 3 aromatic rings. The zero-order chi connectivity index (χ0) is 20.5. The number of aliphatic hydroxyl groups excluding tert-OH is 1. The first kappa shape index (κ1) is 22.8. The highest BCUT2D eigenvalue weighted by Crippen LogP contribution is 2.38. The van der Waals surface area contributed by atoms with Crippen molar-refractivity contribution in [2.75, 3.05) is 6.54 Å². The van der Waals surface area contributed by atoms with Crippen molar-refractivity contribution in [1.82, 2.24) is 9.55 Å². The molecule has 0 bridgehead atoms. The minimum absolute atomic E-state index is 0. The number of allylic oxidation sites excluding steroid dienone is 1. The summed E-state index contributed by atoms with van der Waals surface area (Å²) in [7, 11) is 0. The molecule has 2 aromatic carbocycles. The summed E-state index contributed by atoms with van der Waals surface area (Å²) in [5.41, 5.74) is 4.41. The van der Waals surface area contributed by atoms with E-state index in [1.165, 1.54) is 23.0 Å². The van der Waals surface area contributed by atoms with Crippen molar-refractivity contribution in [2.24, 2.45) is 5.73 Å². The summed E-state index contributed by atoms with van der Waals surface area (Å²) in [4.78, 5) is 4.07. The predicted molar refractivity (Wildman–Crippen MR) is 102 cm³/mol. The smallest absolute Gasteiger partial charge is 0.392 e. The van der Waals surface area contributed by atoms with E-state index in [0.717, 1.165) is 24.3 Å². The van der Waals surface area contributed by atoms with Crippen LogP contribution >= 0.6 is 12.4 Å². The fourth-order valence-corrected chi connectivity index (χ4v) is 2.89. The van der Waals surface area contributed by atoms with Crippen molar-refractivity contribution in [3.05, 3.63) is 65.5 Å². The van der Waals surface area contributed by atoms with Crippen LogP contribution in [0.15, 0.2) is 48.6 Å². The van der Waals surface area contributed by atoms with Gasteiger partial charge in [-0.25, -0.2) is 13.8 Å². The normalized spacial score (nSPS) is 12.3. The first-order chi connectivity index (χ1) is 13.2. The molecule has 0 aliphatic rings. The predicted octanol–water partition coefficient (Wildman–Crippen LogP) is 4.59. The standard InChI is InChI=1S/C19H16F5N3O.ClH/c20-13(3-4-25)8-27-10-26-18-15(6-12(7-17(18)27)19(22,23)24)14-5-11(9-28)1-2-16(14)21;/h1-3,5-7,10,28H,4,8-9,25H2;1H/b13-3-;. The summed E-state index contributed by atoms with van der Waals surface area (Å²) in [6.07, 6.45) is -2.41. The van der Waals surface area contributed by atoms with E-state index in [1.807, 2.05) is 0 Å². The molecule has 0 unspecified atom stereocenters. The Balaban J connectivity index is 0.00000300. The van der Waals surface area contributed by atoms with Gasteiger partial charge in [0.2, 0.25) is 0 Å². The number of benzene rings is 2. The summed E-state index contributed by atoms with van der Waals surface area (Å²) in [5, 5.41) is 9.27. The van der Waals surface area contributed by atoms with Gasteiger partial charge in [-0.2, -0.15) is 13.2 Å². The number of aliphatic hydroxyl groups is 1. The van der Waals surface area contributed by atoms with Crippen LogP contribution in [0, 0.1) is 5.82 Å². The van der Waals surface area contributed by atoms with Crippen LogP contribution in [0.5, 0.6) is 0 Å². The van der Waals surface area contributed by atoms with Gasteiger partial charge < -0.3 is 15.4 Å². The monoisotopic (exact) mass is 433 g/mol. The molecule has 0 radical (unpaired) electrons. The molecule has 4 nitrogen and oxygen atoms in total. The van der Waals surface area contributed by atoms with Gasteiger partial charge in [0.05, 0.1) is 36.1 Å². The Labute approximate surface area is 168 Å². The van der Waals surface area contributed by atoms with Gasteiger partial charge in [0.25, 0.3) is 0 Å². The molecule has 29 heavy (non-hydrogen) atoms. The quantitative estimate of drug-likeness (QED) is 0.579. The third kappa shape index (κ3) is 4.75. The average molecular weight is 434 g/mol. The largest absolute Gasteiger partial charge is 0.416 e. The summed E-state index contributed by atoms with van der Waals surface area (Å²) in [6.45, 7) is -0.816. The van der Waals surface area contributed by atoms with Gasteiger partial charge in [0.1, 0.15) is 11.6 Å². The molecule has 1 aromatic heterocycles. The van der Waals surface area contributed by atoms with Gasteiger partial charge in [-0.05, 0) is 35.9 Å². The van der Waals surface area contributed by atoms with E-state index < -0.39 is 30.0 Å². The highest BCUT2D eigenvalue weighted by molar-refractivity contribution is 5.93. The number of rotatable bonds is 5. The number of nitrogens with zero attached hydrogens (tertiary/aromatic N) is 2. The third-order valence-corrected chi connectivity index (χ3v) is 4.22. The Kier molecular flexibility index (Phi) is 6.99. The molecule has 0 spiro atoms. The van der Waals surface area contributed by atoms with E-state index in [4.69, 9.17) is 5.73 Å². The second-order valence-corrected chi connectivity index (χ2v) is 6.12. The van der Waals surface area contributed by atoms with Gasteiger partial charge in [-0.3, -0.25) is 0 Å². The number of alkyl halides is 3. The van der Waals surface area contributed by atoms with Gasteiger partial charge >= 0.3 is 6.18 Å². The van der Waals surface area contributed by atoms with Crippen LogP contribution in [0.1, 0.15) is 11.1 Å². The molecule has 0 fully saturated rings. The van der Waals surface area contributed by atoms with E-state index in [-0.39, 0.29) is 47.7 Å². The molecule has 0 aliphatic carbocycles. The Hall–Kier alpha value is -2.49. The van der Waals surface area contributed by atoms with E-state index >= 15 is 0 Å². The topological polar surface area (TPSA) is 64.1 Å². The Morgan fingerprint density at radius 1 is 1.17 bits per heavy atom. The highest BCUT2D eigenvalue weighted by atomic mass is 35.5.